The molecule has 0 aliphatic carbocycles. The first-order valence-corrected chi connectivity index (χ1v) is 5.07. The molecular weight excluding hydrogens is 190 g/mol. The summed E-state index contributed by atoms with van der Waals surface area (Å²) in [5.74, 6) is 1.95. The first-order valence-electron chi connectivity index (χ1n) is 5.07. The summed E-state index contributed by atoms with van der Waals surface area (Å²) in [5, 5.41) is 0. The number of ether oxygens (including phenoxy) is 2. The van der Waals surface area contributed by atoms with Gasteiger partial charge in [-0.05, 0) is 12.0 Å². The quantitative estimate of drug-likeness (QED) is 0.828. The number of hydrogen-bond acceptors (Lipinski definition) is 3. The van der Waals surface area contributed by atoms with Gasteiger partial charge in [-0.1, -0.05) is 19.9 Å². The number of hydrogen-bond donors (Lipinski definition) is 1. The van der Waals surface area contributed by atoms with Gasteiger partial charge in [-0.15, -0.1) is 0 Å². The average molecular weight is 209 g/mol. The van der Waals surface area contributed by atoms with Crippen LogP contribution in [-0.4, -0.2) is 14.2 Å². The summed E-state index contributed by atoms with van der Waals surface area (Å²) in [7, 11) is 3.28. The summed E-state index contributed by atoms with van der Waals surface area (Å²) >= 11 is 0. The Morgan fingerprint density at radius 3 is 2.27 bits per heavy atom. The Bertz CT molecular complexity index is 323. The van der Waals surface area contributed by atoms with Gasteiger partial charge in [0.15, 0.2) is 0 Å². The average Bonchev–Trinajstić information content (AvgIpc) is 2.27. The Kier molecular flexibility index (Phi) is 3.97. The van der Waals surface area contributed by atoms with Crippen LogP contribution in [0.15, 0.2) is 18.2 Å². The van der Waals surface area contributed by atoms with Gasteiger partial charge in [0.1, 0.15) is 11.5 Å². The predicted octanol–water partition coefficient (Wildman–Crippen LogP) is 2.36. The van der Waals surface area contributed by atoms with Crippen molar-refractivity contribution in [2.75, 3.05) is 14.2 Å². The van der Waals surface area contributed by atoms with Crippen LogP contribution < -0.4 is 15.2 Å². The van der Waals surface area contributed by atoms with E-state index in [1.807, 2.05) is 18.2 Å². The van der Waals surface area contributed by atoms with Crippen LogP contribution in [0, 0.1) is 5.92 Å². The van der Waals surface area contributed by atoms with Crippen LogP contribution in [0.4, 0.5) is 0 Å². The van der Waals surface area contributed by atoms with Crippen LogP contribution >= 0.6 is 0 Å². The first-order chi connectivity index (χ1) is 7.10. The van der Waals surface area contributed by atoms with Crippen molar-refractivity contribution in [3.05, 3.63) is 23.8 Å². The highest BCUT2D eigenvalue weighted by Crippen LogP contribution is 2.31. The van der Waals surface area contributed by atoms with Gasteiger partial charge in [0.25, 0.3) is 0 Å². The van der Waals surface area contributed by atoms with Crippen molar-refractivity contribution in [3.8, 4) is 11.5 Å². The maximum Gasteiger partial charge on any atom is 0.127 e. The molecule has 0 saturated carbocycles. The molecule has 15 heavy (non-hydrogen) atoms. The Labute approximate surface area is 91.2 Å². The fourth-order valence-electron chi connectivity index (χ4n) is 1.45. The van der Waals surface area contributed by atoms with Crippen molar-refractivity contribution in [2.45, 2.75) is 19.9 Å². The summed E-state index contributed by atoms with van der Waals surface area (Å²) in [4.78, 5) is 0. The molecule has 84 valence electrons. The Morgan fingerprint density at radius 1 is 1.13 bits per heavy atom. The molecule has 3 heteroatoms. The van der Waals surface area contributed by atoms with Crippen LogP contribution in [0.3, 0.4) is 0 Å². The number of nitrogens with two attached hydrogens (primary N) is 1. The molecule has 0 spiro atoms. The number of rotatable bonds is 4. The van der Waals surface area contributed by atoms with Crippen LogP contribution in [0.1, 0.15) is 25.5 Å². The monoisotopic (exact) mass is 209 g/mol. The molecule has 1 rings (SSSR count). The molecule has 3 nitrogen and oxygen atoms in total. The van der Waals surface area contributed by atoms with Crippen molar-refractivity contribution < 1.29 is 9.47 Å². The van der Waals surface area contributed by atoms with E-state index in [1.54, 1.807) is 14.2 Å². The summed E-state index contributed by atoms with van der Waals surface area (Å²) in [5.41, 5.74) is 7.11. The van der Waals surface area contributed by atoms with E-state index in [0.29, 0.717) is 5.92 Å². The third-order valence-electron chi connectivity index (χ3n) is 2.52. The molecule has 0 amide bonds. The zero-order valence-corrected chi connectivity index (χ0v) is 9.78. The topological polar surface area (TPSA) is 44.5 Å². The molecule has 1 atom stereocenters. The third-order valence-corrected chi connectivity index (χ3v) is 2.52. The second-order valence-corrected chi connectivity index (χ2v) is 3.88. The van der Waals surface area contributed by atoms with E-state index in [1.165, 1.54) is 0 Å². The second-order valence-electron chi connectivity index (χ2n) is 3.88. The van der Waals surface area contributed by atoms with Crippen LogP contribution in [0.2, 0.25) is 0 Å². The minimum atomic E-state index is -0.00847. The standard InChI is InChI=1S/C12H19NO2/c1-8(2)12(13)10-6-5-9(14-3)7-11(10)15-4/h5-8,12H,13H2,1-4H3/t12-/m1/s1. The molecule has 0 bridgehead atoms. The maximum atomic E-state index is 6.08. The molecule has 0 heterocycles. The summed E-state index contributed by atoms with van der Waals surface area (Å²) in [6, 6.07) is 5.71. The van der Waals surface area contributed by atoms with E-state index in [0.717, 1.165) is 17.1 Å². The van der Waals surface area contributed by atoms with E-state index in [2.05, 4.69) is 13.8 Å². The lowest BCUT2D eigenvalue weighted by Gasteiger charge is -2.19. The maximum absolute atomic E-state index is 6.08. The van der Waals surface area contributed by atoms with Gasteiger partial charge in [-0.25, -0.2) is 0 Å². The molecule has 0 unspecified atom stereocenters. The minimum absolute atomic E-state index is 0.00847. The highest BCUT2D eigenvalue weighted by atomic mass is 16.5. The molecule has 0 aliphatic rings. The lowest BCUT2D eigenvalue weighted by atomic mass is 9.96. The SMILES string of the molecule is COc1ccc([C@H](N)C(C)C)c(OC)c1. The van der Waals surface area contributed by atoms with Crippen molar-refractivity contribution >= 4 is 0 Å². The largest absolute Gasteiger partial charge is 0.497 e. The summed E-state index contributed by atoms with van der Waals surface area (Å²) < 4.78 is 10.4. The third kappa shape index (κ3) is 2.63. The van der Waals surface area contributed by atoms with Crippen molar-refractivity contribution in [2.24, 2.45) is 11.7 Å². The van der Waals surface area contributed by atoms with Gasteiger partial charge in [-0.3, -0.25) is 0 Å². The Balaban J connectivity index is 3.07. The van der Waals surface area contributed by atoms with Gasteiger partial charge in [0.2, 0.25) is 0 Å². The zero-order valence-electron chi connectivity index (χ0n) is 9.78. The van der Waals surface area contributed by atoms with E-state index >= 15 is 0 Å². The lowest BCUT2D eigenvalue weighted by Crippen LogP contribution is -2.17. The zero-order chi connectivity index (χ0) is 11.4. The van der Waals surface area contributed by atoms with Crippen LogP contribution in [0.25, 0.3) is 0 Å². The molecule has 0 fully saturated rings. The van der Waals surface area contributed by atoms with Gasteiger partial charge >= 0.3 is 0 Å². The summed E-state index contributed by atoms with van der Waals surface area (Å²) in [6.45, 7) is 4.18. The Hall–Kier alpha value is -1.22. The summed E-state index contributed by atoms with van der Waals surface area (Å²) in [6.07, 6.45) is 0. The molecule has 2 N–H and O–H groups in total. The lowest BCUT2D eigenvalue weighted by molar-refractivity contribution is 0.382. The Morgan fingerprint density at radius 2 is 1.80 bits per heavy atom. The number of benzene rings is 1. The van der Waals surface area contributed by atoms with Crippen molar-refractivity contribution in [1.82, 2.24) is 0 Å². The van der Waals surface area contributed by atoms with Crippen LogP contribution in [0.5, 0.6) is 11.5 Å². The van der Waals surface area contributed by atoms with Crippen LogP contribution in [-0.2, 0) is 0 Å². The van der Waals surface area contributed by atoms with Crippen molar-refractivity contribution in [1.29, 1.82) is 0 Å². The van der Waals surface area contributed by atoms with Crippen molar-refractivity contribution in [3.63, 3.8) is 0 Å². The highest BCUT2D eigenvalue weighted by Gasteiger charge is 2.15. The smallest absolute Gasteiger partial charge is 0.127 e. The molecule has 0 radical (unpaired) electrons. The molecule has 0 aromatic heterocycles. The van der Waals surface area contributed by atoms with E-state index in [-0.39, 0.29) is 6.04 Å². The second kappa shape index (κ2) is 5.03. The predicted molar refractivity (Wildman–Crippen MR) is 61.3 cm³/mol. The van der Waals surface area contributed by atoms with Gasteiger partial charge in [0, 0.05) is 17.7 Å². The number of methoxy groups -OCH3 is 2. The van der Waals surface area contributed by atoms with Gasteiger partial charge in [0.05, 0.1) is 14.2 Å². The van der Waals surface area contributed by atoms with E-state index in [4.69, 9.17) is 15.2 Å². The highest BCUT2D eigenvalue weighted by molar-refractivity contribution is 5.42. The molecule has 0 aliphatic heterocycles. The van der Waals surface area contributed by atoms with E-state index in [9.17, 15) is 0 Å². The molecular formula is C12H19NO2. The fraction of sp³-hybridized carbons (Fsp3) is 0.500. The van der Waals surface area contributed by atoms with E-state index < -0.39 is 0 Å². The van der Waals surface area contributed by atoms with Gasteiger partial charge < -0.3 is 15.2 Å². The van der Waals surface area contributed by atoms with Gasteiger partial charge in [-0.2, -0.15) is 0 Å². The molecule has 1 aromatic carbocycles. The normalized spacial score (nSPS) is 12.7. The first kappa shape index (κ1) is 11.9. The molecule has 1 aromatic rings. The minimum Gasteiger partial charge on any atom is -0.497 e. The molecule has 0 saturated heterocycles. The fourth-order valence-corrected chi connectivity index (χ4v) is 1.45.